The van der Waals surface area contributed by atoms with Crippen LogP contribution in [0.2, 0.25) is 5.04 Å². The van der Waals surface area contributed by atoms with Gasteiger partial charge in [0.05, 0.1) is 11.0 Å². The number of carbonyl (C=O) groups excluding carboxylic acids is 1. The second-order valence-electron chi connectivity index (χ2n) is 9.02. The van der Waals surface area contributed by atoms with Crippen molar-refractivity contribution in [2.24, 2.45) is 0 Å². The molecule has 32 heavy (non-hydrogen) atoms. The lowest BCUT2D eigenvalue weighted by atomic mass is 10.0. The maximum absolute atomic E-state index is 12.2. The van der Waals surface area contributed by atoms with Crippen molar-refractivity contribution in [3.8, 4) is 0 Å². The monoisotopic (exact) mass is 447 g/mol. The summed E-state index contributed by atoms with van der Waals surface area (Å²) in [5.41, 5.74) is 0.777. The number of carbonyl (C=O) groups is 1. The fourth-order valence-corrected chi connectivity index (χ4v) is 8.87. The number of Topliss-reactive ketones (excluding diaryl/α,β-unsaturated/α-hetero) is 1. The fourth-order valence-electron chi connectivity index (χ4n) is 4.20. The van der Waals surface area contributed by atoms with Crippen LogP contribution in [0.5, 0.6) is 0 Å². The van der Waals surface area contributed by atoms with Crippen LogP contribution in [0.4, 0.5) is 5.69 Å². The highest BCUT2D eigenvalue weighted by Gasteiger charge is 2.51. The molecule has 3 rings (SSSR count). The van der Waals surface area contributed by atoms with Crippen molar-refractivity contribution in [3.63, 3.8) is 0 Å². The van der Waals surface area contributed by atoms with Crippen molar-refractivity contribution < 1.29 is 14.1 Å². The third-order valence-electron chi connectivity index (χ3n) is 5.68. The number of hydrogen-bond acceptors (Lipinski definition) is 4. The molecule has 6 heteroatoms. The smallest absolute Gasteiger partial charge is 0.269 e. The van der Waals surface area contributed by atoms with Gasteiger partial charge >= 0.3 is 0 Å². The van der Waals surface area contributed by atoms with Gasteiger partial charge in [0.2, 0.25) is 0 Å². The number of ketones is 1. The Hall–Kier alpha value is -3.09. The van der Waals surface area contributed by atoms with Crippen molar-refractivity contribution in [2.45, 2.75) is 45.3 Å². The van der Waals surface area contributed by atoms with Crippen molar-refractivity contribution in [3.05, 3.63) is 101 Å². The number of nitro groups is 1. The molecule has 0 aliphatic rings. The van der Waals surface area contributed by atoms with Crippen molar-refractivity contribution >= 4 is 30.2 Å². The average Bonchev–Trinajstić information content (AvgIpc) is 2.77. The molecular weight excluding hydrogens is 418 g/mol. The zero-order valence-electron chi connectivity index (χ0n) is 18.9. The van der Waals surface area contributed by atoms with Crippen molar-refractivity contribution in [1.82, 2.24) is 0 Å². The van der Waals surface area contributed by atoms with Gasteiger partial charge in [-0.2, -0.15) is 0 Å². The molecule has 3 aromatic rings. The number of hydrogen-bond donors (Lipinski definition) is 0. The first-order chi connectivity index (χ1) is 15.1. The normalized spacial score (nSPS) is 12.9. The summed E-state index contributed by atoms with van der Waals surface area (Å²) in [6, 6.07) is 26.8. The molecule has 0 radical (unpaired) electrons. The van der Waals surface area contributed by atoms with E-state index in [4.69, 9.17) is 4.43 Å². The van der Waals surface area contributed by atoms with E-state index in [1.165, 1.54) is 12.1 Å². The van der Waals surface area contributed by atoms with Gasteiger partial charge in [0.1, 0.15) is 5.78 Å². The predicted molar refractivity (Wildman–Crippen MR) is 130 cm³/mol. The Kier molecular flexibility index (Phi) is 7.06. The molecule has 0 saturated carbocycles. The minimum absolute atomic E-state index is 0.00582. The largest absolute Gasteiger partial charge is 0.400 e. The lowest BCUT2D eigenvalue weighted by Crippen LogP contribution is -2.66. The van der Waals surface area contributed by atoms with Gasteiger partial charge < -0.3 is 4.43 Å². The molecule has 0 fully saturated rings. The van der Waals surface area contributed by atoms with E-state index < -0.39 is 19.3 Å². The molecule has 0 saturated heterocycles. The third kappa shape index (κ3) is 4.87. The predicted octanol–water partition coefficient (Wildman–Crippen LogP) is 5.19. The van der Waals surface area contributed by atoms with Gasteiger partial charge in [0.25, 0.3) is 14.0 Å². The first kappa shape index (κ1) is 23.6. The Morgan fingerprint density at radius 1 is 0.906 bits per heavy atom. The molecule has 0 heterocycles. The Labute approximate surface area is 190 Å². The molecule has 0 bridgehead atoms. The minimum Gasteiger partial charge on any atom is -0.400 e. The summed E-state index contributed by atoms with van der Waals surface area (Å²) in [6.45, 7) is 8.09. The molecule has 0 spiro atoms. The van der Waals surface area contributed by atoms with Gasteiger partial charge in [-0.3, -0.25) is 14.9 Å². The molecular formula is C26H29NO4Si. The van der Waals surface area contributed by atoms with E-state index in [0.29, 0.717) is 0 Å². The van der Waals surface area contributed by atoms with E-state index in [0.717, 1.165) is 15.9 Å². The van der Waals surface area contributed by atoms with Crippen LogP contribution in [0.25, 0.3) is 0 Å². The number of nitro benzene ring substituents is 1. The maximum atomic E-state index is 12.2. The number of benzene rings is 3. The quantitative estimate of drug-likeness (QED) is 0.271. The summed E-state index contributed by atoms with van der Waals surface area (Å²) in [6.07, 6.45) is -0.318. The van der Waals surface area contributed by atoms with Crippen LogP contribution in [-0.2, 0) is 9.22 Å². The maximum Gasteiger partial charge on any atom is 0.269 e. The summed E-state index contributed by atoms with van der Waals surface area (Å²) < 4.78 is 7.12. The Balaban J connectivity index is 2.20. The van der Waals surface area contributed by atoms with E-state index in [-0.39, 0.29) is 22.9 Å². The van der Waals surface area contributed by atoms with E-state index in [1.54, 1.807) is 19.1 Å². The summed E-state index contributed by atoms with van der Waals surface area (Å²) >= 11 is 0. The van der Waals surface area contributed by atoms with Crippen LogP contribution in [0.1, 0.15) is 45.8 Å². The van der Waals surface area contributed by atoms with Gasteiger partial charge in [-0.05, 0) is 40.0 Å². The molecule has 1 unspecified atom stereocenters. The molecule has 0 aliphatic carbocycles. The number of rotatable bonds is 8. The van der Waals surface area contributed by atoms with Gasteiger partial charge in [0, 0.05) is 18.6 Å². The van der Waals surface area contributed by atoms with Gasteiger partial charge in [-0.15, -0.1) is 0 Å². The SMILES string of the molecule is CC(=O)CC(O[Si](c1ccccc1)(c1ccccc1)C(C)(C)C)c1ccc([N+](=O)[O-])cc1. The average molecular weight is 448 g/mol. The van der Waals surface area contributed by atoms with Gasteiger partial charge in [-0.25, -0.2) is 0 Å². The first-order valence-electron chi connectivity index (χ1n) is 10.7. The fraction of sp³-hybridized carbons (Fsp3) is 0.269. The molecule has 0 aromatic heterocycles. The molecule has 5 nitrogen and oxygen atoms in total. The van der Waals surface area contributed by atoms with Crippen LogP contribution in [0.3, 0.4) is 0 Å². The summed E-state index contributed by atoms with van der Waals surface area (Å²) in [4.78, 5) is 22.9. The Bertz CT molecular complexity index is 1020. The second-order valence-corrected chi connectivity index (χ2v) is 13.3. The molecule has 0 amide bonds. The molecule has 166 valence electrons. The topological polar surface area (TPSA) is 69.4 Å². The zero-order valence-corrected chi connectivity index (χ0v) is 19.9. The summed E-state index contributed by atoms with van der Waals surface area (Å²) in [7, 11) is -2.88. The summed E-state index contributed by atoms with van der Waals surface area (Å²) in [5, 5.41) is 13.1. The lowest BCUT2D eigenvalue weighted by molar-refractivity contribution is -0.384. The Morgan fingerprint density at radius 2 is 1.38 bits per heavy atom. The van der Waals surface area contributed by atoms with Crippen molar-refractivity contribution in [2.75, 3.05) is 0 Å². The highest BCUT2D eigenvalue weighted by Crippen LogP contribution is 2.40. The van der Waals surface area contributed by atoms with E-state index in [1.807, 2.05) is 36.4 Å². The van der Waals surface area contributed by atoms with Gasteiger partial charge in [-0.1, -0.05) is 81.4 Å². The van der Waals surface area contributed by atoms with Crippen LogP contribution in [0.15, 0.2) is 84.9 Å². The van der Waals surface area contributed by atoms with Crippen molar-refractivity contribution in [1.29, 1.82) is 0 Å². The molecule has 0 aliphatic heterocycles. The highest BCUT2D eigenvalue weighted by atomic mass is 28.4. The Morgan fingerprint density at radius 3 is 1.75 bits per heavy atom. The molecule has 3 aromatic carbocycles. The minimum atomic E-state index is -2.88. The van der Waals surface area contributed by atoms with E-state index in [2.05, 4.69) is 45.0 Å². The standard InChI is InChI=1S/C26H29NO4Si/c1-20(28)19-25(21-15-17-22(18-16-21)27(29)30)31-32(26(2,3)4,23-11-7-5-8-12-23)24-13-9-6-10-14-24/h5-18,25H,19H2,1-4H3. The highest BCUT2D eigenvalue weighted by molar-refractivity contribution is 6.99. The number of nitrogens with zero attached hydrogens (tertiary/aromatic N) is 1. The van der Waals surface area contributed by atoms with Crippen LogP contribution < -0.4 is 10.4 Å². The molecule has 0 N–H and O–H groups in total. The molecule has 1 atom stereocenters. The van der Waals surface area contributed by atoms with Crippen LogP contribution in [0, 0.1) is 10.1 Å². The number of non-ortho nitro benzene ring substituents is 1. The van der Waals surface area contributed by atoms with E-state index in [9.17, 15) is 14.9 Å². The van der Waals surface area contributed by atoms with Crippen LogP contribution in [-0.4, -0.2) is 19.0 Å². The third-order valence-corrected chi connectivity index (χ3v) is 10.7. The zero-order chi connectivity index (χ0) is 23.4. The lowest BCUT2D eigenvalue weighted by Gasteiger charge is -2.45. The first-order valence-corrected chi connectivity index (χ1v) is 12.6. The second kappa shape index (κ2) is 9.59. The summed E-state index contributed by atoms with van der Waals surface area (Å²) in [5.74, 6) is 0.00582. The van der Waals surface area contributed by atoms with Crippen LogP contribution >= 0.6 is 0 Å². The van der Waals surface area contributed by atoms with Gasteiger partial charge in [0.15, 0.2) is 0 Å². The van der Waals surface area contributed by atoms with E-state index >= 15 is 0 Å².